The first-order valence-corrected chi connectivity index (χ1v) is 22.4. The van der Waals surface area contributed by atoms with Gasteiger partial charge in [-0.2, -0.15) is 0 Å². The highest BCUT2D eigenvalue weighted by Gasteiger charge is 2.51. The Hall–Kier alpha value is -5.23. The number of aromatic nitrogens is 2. The van der Waals surface area contributed by atoms with Crippen LogP contribution in [0, 0.1) is 13.8 Å². The van der Waals surface area contributed by atoms with Gasteiger partial charge in [0.1, 0.15) is 0 Å². The van der Waals surface area contributed by atoms with Crippen LogP contribution < -0.4 is 0 Å². The number of hydrogen-bond acceptors (Lipinski definition) is 5. The number of alkyl halides is 2. The van der Waals surface area contributed by atoms with E-state index in [9.17, 15) is 19.2 Å². The molecule has 2 saturated heterocycles. The topological polar surface area (TPSA) is 113 Å². The minimum atomic E-state index is -0.886. The second-order valence-electron chi connectivity index (χ2n) is 16.2. The lowest BCUT2D eigenvalue weighted by Crippen LogP contribution is -2.49. The molecule has 2 aromatic carbocycles. The second-order valence-corrected chi connectivity index (χ2v) is 18.7. The molecule has 8 rings (SSSR count). The lowest BCUT2D eigenvalue weighted by Gasteiger charge is -2.46. The van der Waals surface area contributed by atoms with Crippen molar-refractivity contribution in [3.05, 3.63) is 143 Å². The minimum Gasteiger partial charge on any atom is -0.361 e. The Balaban J connectivity index is 1.16. The number of fused-ring (bicyclic) bond motifs is 2. The quantitative estimate of drug-likeness (QED) is 0.139. The Morgan fingerprint density at radius 2 is 1.00 bits per heavy atom. The van der Waals surface area contributed by atoms with Gasteiger partial charge in [0.15, 0.2) is 0 Å². The maximum atomic E-state index is 13.3. The summed E-state index contributed by atoms with van der Waals surface area (Å²) >= 11 is 17.2. The van der Waals surface area contributed by atoms with Crippen LogP contribution in [0.25, 0.3) is 21.8 Å². The largest absolute Gasteiger partial charge is 0.361 e. The molecule has 2 fully saturated rings. The zero-order valence-corrected chi connectivity index (χ0v) is 37.1. The van der Waals surface area contributed by atoms with Gasteiger partial charge in [-0.25, -0.2) is 0 Å². The molecule has 4 atom stereocenters. The molecule has 0 bridgehead atoms. The van der Waals surface area contributed by atoms with Gasteiger partial charge in [0.05, 0.1) is 31.3 Å². The van der Waals surface area contributed by atoms with Crippen molar-refractivity contribution < 1.29 is 19.2 Å². The molecular weight excluding hydrogens is 828 g/mol. The second kappa shape index (κ2) is 17.3. The lowest BCUT2D eigenvalue weighted by molar-refractivity contribution is -0.135. The predicted molar refractivity (Wildman–Crippen MR) is 247 cm³/mol. The fourth-order valence-corrected chi connectivity index (χ4v) is 11.6. The van der Waals surface area contributed by atoms with Crippen molar-refractivity contribution >= 4 is 80.4 Å². The third-order valence-corrected chi connectivity index (χ3v) is 15.6. The van der Waals surface area contributed by atoms with Crippen molar-refractivity contribution in [1.82, 2.24) is 29.6 Å². The van der Waals surface area contributed by atoms with E-state index in [0.717, 1.165) is 55.2 Å². The molecule has 2 aliphatic heterocycles. The van der Waals surface area contributed by atoms with E-state index in [0.29, 0.717) is 52.4 Å². The van der Waals surface area contributed by atoms with Crippen molar-refractivity contribution in [1.29, 1.82) is 0 Å². The number of nitrogens with one attached hydrogen (secondary N) is 2. The van der Waals surface area contributed by atoms with Crippen LogP contribution in [-0.2, 0) is 28.7 Å². The zero-order chi connectivity index (χ0) is 43.1. The van der Waals surface area contributed by atoms with Crippen LogP contribution in [0.5, 0.6) is 0 Å². The monoisotopic (exact) mass is 876 g/mol. The summed E-state index contributed by atoms with van der Waals surface area (Å²) in [7, 11) is 0. The first kappa shape index (κ1) is 42.5. The third-order valence-electron chi connectivity index (χ3n) is 12.5. The number of para-hydroxylation sites is 2. The molecule has 4 aromatic rings. The van der Waals surface area contributed by atoms with Crippen LogP contribution in [0.3, 0.4) is 0 Å². The number of carbonyl (C=O) groups is 4. The number of aryl methyl sites for hydroxylation is 2. The third kappa shape index (κ3) is 8.15. The molecule has 4 aliphatic rings. The number of hydrogen-bond donors (Lipinski definition) is 2. The highest BCUT2D eigenvalue weighted by molar-refractivity contribution is 8.01. The average molecular weight is 878 g/mol. The fraction of sp³-hybridized carbons (Fsp3) is 0.333. The van der Waals surface area contributed by atoms with E-state index in [-0.39, 0.29) is 23.6 Å². The van der Waals surface area contributed by atoms with E-state index in [4.69, 9.17) is 23.2 Å². The molecule has 4 unspecified atom stereocenters. The summed E-state index contributed by atoms with van der Waals surface area (Å²) in [6, 6.07) is 12.6. The van der Waals surface area contributed by atoms with Crippen molar-refractivity contribution in [3.8, 4) is 0 Å². The standard InChI is InChI=1S/C48H50Cl2N6O4S/c1-31-29-51-45-37(31)7-5-9-39(45)47(17-15-35(27-41(47)49)11-13-43(59)55-23-19-53(20-24-55)33(3)57)61-48(40-10-6-8-38-32(2)30-52-46(38)40)18-16-36(28-42(48)50)12-14-44(60)56-25-21-54(22-26-56)34(4)58/h5-18,27-30,41-42,51-52H,19-26H2,1-4H3/b13-11+,14-12+. The molecule has 2 N–H and O–H groups in total. The van der Waals surface area contributed by atoms with Crippen LogP contribution in [0.15, 0.2) is 121 Å². The number of nitrogens with zero attached hydrogens (tertiary/aromatic N) is 4. The Morgan fingerprint density at radius 3 is 1.36 bits per heavy atom. The minimum absolute atomic E-state index is 0.0172. The maximum absolute atomic E-state index is 13.3. The number of halogens is 2. The number of aromatic amines is 2. The number of benzene rings is 2. The molecular formula is C48H50Cl2N6O4S. The van der Waals surface area contributed by atoms with Crippen molar-refractivity contribution in [2.75, 3.05) is 52.4 Å². The van der Waals surface area contributed by atoms with E-state index < -0.39 is 20.2 Å². The van der Waals surface area contributed by atoms with Crippen molar-refractivity contribution in [2.45, 2.75) is 47.9 Å². The van der Waals surface area contributed by atoms with E-state index >= 15 is 0 Å². The lowest BCUT2D eigenvalue weighted by atomic mass is 9.86. The number of piperazine rings is 2. The Kier molecular flexibility index (Phi) is 12.0. The molecule has 4 amide bonds. The molecule has 316 valence electrons. The van der Waals surface area contributed by atoms with E-state index in [1.165, 1.54) is 0 Å². The van der Waals surface area contributed by atoms with E-state index in [2.05, 4.69) is 72.4 Å². The van der Waals surface area contributed by atoms with Crippen LogP contribution in [-0.4, -0.2) is 116 Å². The number of amides is 4. The Bertz CT molecular complexity index is 2410. The van der Waals surface area contributed by atoms with Crippen LogP contribution in [0.2, 0.25) is 0 Å². The summed E-state index contributed by atoms with van der Waals surface area (Å²) in [6.45, 7) is 11.3. The SMILES string of the molecule is CC(=O)N1CCN(C(=O)/C=C/C2=CC(Cl)C(SC3(c4cccc5c(C)c[nH]c45)C=CC(/C=C/C(=O)N4CCN(C(C)=O)CC4)=CC3Cl)(c3cccc4c(C)c[nH]c34)C=C2)CC1. The number of H-pyrrole nitrogens is 2. The average Bonchev–Trinajstić information content (AvgIpc) is 3.85. The summed E-state index contributed by atoms with van der Waals surface area (Å²) in [5, 5.41) is 0.987. The summed E-state index contributed by atoms with van der Waals surface area (Å²) in [5.74, 6) is -0.186. The number of allylic oxidation sites excluding steroid dienone is 8. The van der Waals surface area contributed by atoms with Crippen LogP contribution >= 0.6 is 35.0 Å². The first-order valence-electron chi connectivity index (χ1n) is 20.7. The van der Waals surface area contributed by atoms with Gasteiger partial charge in [0, 0.05) is 102 Å². The number of rotatable bonds is 8. The van der Waals surface area contributed by atoms with Gasteiger partial charge >= 0.3 is 0 Å². The first-order chi connectivity index (χ1) is 29.3. The molecule has 10 nitrogen and oxygen atoms in total. The van der Waals surface area contributed by atoms with Gasteiger partial charge in [-0.1, -0.05) is 72.9 Å². The summed E-state index contributed by atoms with van der Waals surface area (Å²) in [5.41, 5.74) is 7.79. The van der Waals surface area contributed by atoms with Gasteiger partial charge in [-0.3, -0.25) is 19.2 Å². The molecule has 0 radical (unpaired) electrons. The van der Waals surface area contributed by atoms with Crippen LogP contribution in [0.1, 0.15) is 36.1 Å². The smallest absolute Gasteiger partial charge is 0.246 e. The zero-order valence-electron chi connectivity index (χ0n) is 34.8. The molecule has 0 saturated carbocycles. The van der Waals surface area contributed by atoms with E-state index in [1.54, 1.807) is 57.4 Å². The predicted octanol–water partition coefficient (Wildman–Crippen LogP) is 7.79. The molecule has 2 aromatic heterocycles. The van der Waals surface area contributed by atoms with Gasteiger partial charge in [-0.05, 0) is 59.4 Å². The maximum Gasteiger partial charge on any atom is 0.246 e. The summed E-state index contributed by atoms with van der Waals surface area (Å²) in [4.78, 5) is 64.4. The van der Waals surface area contributed by atoms with Gasteiger partial charge in [-0.15, -0.1) is 35.0 Å². The molecule has 0 spiro atoms. The molecule has 61 heavy (non-hydrogen) atoms. The molecule has 4 heterocycles. The normalized spacial score (nSPS) is 24.6. The number of thioether (sulfide) groups is 1. The van der Waals surface area contributed by atoms with Crippen molar-refractivity contribution in [3.63, 3.8) is 0 Å². The Morgan fingerprint density at radius 1 is 0.623 bits per heavy atom. The van der Waals surface area contributed by atoms with Gasteiger partial charge in [0.2, 0.25) is 23.6 Å². The van der Waals surface area contributed by atoms with Gasteiger partial charge < -0.3 is 29.6 Å². The molecule has 2 aliphatic carbocycles. The summed E-state index contributed by atoms with van der Waals surface area (Å²) < 4.78 is -1.77. The number of carbonyl (C=O) groups excluding carboxylic acids is 4. The van der Waals surface area contributed by atoms with Crippen molar-refractivity contribution in [2.24, 2.45) is 0 Å². The van der Waals surface area contributed by atoms with Crippen LogP contribution in [0.4, 0.5) is 0 Å². The fourth-order valence-electron chi connectivity index (χ4n) is 8.86. The molecule has 13 heteroatoms. The van der Waals surface area contributed by atoms with Gasteiger partial charge in [0.25, 0.3) is 0 Å². The highest BCUT2D eigenvalue weighted by Crippen LogP contribution is 2.60. The Labute approximate surface area is 370 Å². The van der Waals surface area contributed by atoms with E-state index in [1.807, 2.05) is 48.8 Å². The highest BCUT2D eigenvalue weighted by atomic mass is 35.5. The summed E-state index contributed by atoms with van der Waals surface area (Å²) in [6.07, 6.45) is 23.2.